The molecule has 1 unspecified atom stereocenters. The molecule has 2 amide bonds. The molecule has 11 nitrogen and oxygen atoms in total. The van der Waals surface area contributed by atoms with Gasteiger partial charge in [0.1, 0.15) is 12.2 Å². The average Bonchev–Trinajstić information content (AvgIpc) is 3.71. The number of ether oxygens (including phenoxy) is 3. The number of carbonyl (C=O) groups excluding carboxylic acids is 2. The summed E-state index contributed by atoms with van der Waals surface area (Å²) in [5.41, 5.74) is 2.19. The van der Waals surface area contributed by atoms with E-state index in [-0.39, 0.29) is 44.7 Å². The molecule has 2 aliphatic heterocycles. The second-order valence-corrected chi connectivity index (χ2v) is 9.68. The zero-order chi connectivity index (χ0) is 26.8. The smallest absolute Gasteiger partial charge is 0.247 e. The Morgan fingerprint density at radius 3 is 2.74 bits per heavy atom. The van der Waals surface area contributed by atoms with Crippen molar-refractivity contribution in [2.24, 2.45) is 5.92 Å². The SMILES string of the molecule is COc1cc(CO)cc2c1O[C@@H]1[C@@H](O)[C@H](N(Cc3ccoc3)C(=O)C3CCOC3)C=C(C(=O)NCCO)[C@H]21. The Kier molecular flexibility index (Phi) is 7.70. The van der Waals surface area contributed by atoms with Crippen molar-refractivity contribution in [3.8, 4) is 11.5 Å². The first-order chi connectivity index (χ1) is 18.5. The van der Waals surface area contributed by atoms with Crippen LogP contribution in [0.4, 0.5) is 0 Å². The largest absolute Gasteiger partial charge is 0.493 e. The van der Waals surface area contributed by atoms with Gasteiger partial charge in [-0.15, -0.1) is 0 Å². The molecule has 0 radical (unpaired) electrons. The summed E-state index contributed by atoms with van der Waals surface area (Å²) in [5.74, 6) is -0.966. The molecule has 3 heterocycles. The third kappa shape index (κ3) is 4.78. The Hall–Kier alpha value is -3.38. The van der Waals surface area contributed by atoms with Crippen LogP contribution in [0.1, 0.15) is 29.0 Å². The molecule has 0 bridgehead atoms. The fourth-order valence-electron chi connectivity index (χ4n) is 5.49. The second-order valence-electron chi connectivity index (χ2n) is 9.68. The van der Waals surface area contributed by atoms with Gasteiger partial charge in [-0.2, -0.15) is 0 Å². The predicted molar refractivity (Wildman–Crippen MR) is 132 cm³/mol. The number of fused-ring (bicyclic) bond motifs is 3. The molecular weight excluding hydrogens is 496 g/mol. The summed E-state index contributed by atoms with van der Waals surface area (Å²) in [6.07, 6.45) is 3.12. The molecule has 1 aromatic carbocycles. The van der Waals surface area contributed by atoms with Crippen molar-refractivity contribution in [3.63, 3.8) is 0 Å². The van der Waals surface area contributed by atoms with Crippen LogP contribution in [0.3, 0.4) is 0 Å². The molecule has 5 atom stereocenters. The molecule has 2 aromatic rings. The van der Waals surface area contributed by atoms with E-state index >= 15 is 0 Å². The molecule has 0 saturated carbocycles. The molecule has 38 heavy (non-hydrogen) atoms. The maximum Gasteiger partial charge on any atom is 0.247 e. The molecule has 1 aliphatic carbocycles. The lowest BCUT2D eigenvalue weighted by atomic mass is 9.77. The molecule has 5 rings (SSSR count). The quantitative estimate of drug-likeness (QED) is 0.364. The molecule has 3 aliphatic rings. The van der Waals surface area contributed by atoms with Crippen LogP contribution in [0, 0.1) is 5.92 Å². The first-order valence-electron chi connectivity index (χ1n) is 12.6. The topological polar surface area (TPSA) is 151 Å². The number of methoxy groups -OCH3 is 1. The summed E-state index contributed by atoms with van der Waals surface area (Å²) in [6.45, 7) is 0.444. The van der Waals surface area contributed by atoms with Crippen LogP contribution >= 0.6 is 0 Å². The minimum absolute atomic E-state index is 0.0333. The van der Waals surface area contributed by atoms with E-state index in [9.17, 15) is 24.9 Å². The van der Waals surface area contributed by atoms with E-state index in [0.717, 1.165) is 5.56 Å². The van der Waals surface area contributed by atoms with Gasteiger partial charge in [-0.3, -0.25) is 9.59 Å². The van der Waals surface area contributed by atoms with E-state index in [4.69, 9.17) is 18.6 Å². The standard InChI is InChI=1S/C27H32N2O9/c1-35-21-9-16(12-31)8-18-22-19(26(33)28-4-5-30)10-20(23(32)25(22)38-24(18)21)29(11-15-2-6-36-13-15)27(34)17-3-7-37-14-17/h2,6,8-10,13,17,20,22-23,25,30-32H,3-5,7,11-12,14H2,1H3,(H,28,33)/t17?,20-,22+,23+,25+/m1/s1. The van der Waals surface area contributed by atoms with E-state index in [1.807, 2.05) is 0 Å². The Morgan fingerprint density at radius 2 is 2.08 bits per heavy atom. The maximum absolute atomic E-state index is 13.7. The number of nitrogens with one attached hydrogen (secondary N) is 1. The normalized spacial score (nSPS) is 25.7. The van der Waals surface area contributed by atoms with Gasteiger partial charge >= 0.3 is 0 Å². The lowest BCUT2D eigenvalue weighted by Gasteiger charge is -2.41. The summed E-state index contributed by atoms with van der Waals surface area (Å²) in [4.78, 5) is 28.7. The Labute approximate surface area is 219 Å². The molecule has 1 saturated heterocycles. The number of aliphatic hydroxyl groups is 3. The van der Waals surface area contributed by atoms with Gasteiger partial charge < -0.3 is 44.2 Å². The minimum Gasteiger partial charge on any atom is -0.493 e. The highest BCUT2D eigenvalue weighted by Crippen LogP contribution is 2.51. The van der Waals surface area contributed by atoms with E-state index < -0.39 is 30.1 Å². The van der Waals surface area contributed by atoms with E-state index in [1.54, 1.807) is 29.2 Å². The van der Waals surface area contributed by atoms with E-state index in [0.29, 0.717) is 41.2 Å². The minimum atomic E-state index is -1.19. The van der Waals surface area contributed by atoms with Crippen LogP contribution in [-0.2, 0) is 27.5 Å². The van der Waals surface area contributed by atoms with Gasteiger partial charge in [0.15, 0.2) is 11.5 Å². The number of carbonyl (C=O) groups is 2. The van der Waals surface area contributed by atoms with Crippen LogP contribution in [-0.4, -0.2) is 83.8 Å². The van der Waals surface area contributed by atoms with Crippen molar-refractivity contribution in [1.29, 1.82) is 0 Å². The number of nitrogens with zero attached hydrogens (tertiary/aromatic N) is 1. The van der Waals surface area contributed by atoms with Crippen LogP contribution < -0.4 is 14.8 Å². The van der Waals surface area contributed by atoms with Crippen LogP contribution in [0.25, 0.3) is 0 Å². The van der Waals surface area contributed by atoms with Crippen LogP contribution in [0.5, 0.6) is 11.5 Å². The molecule has 0 spiro atoms. The van der Waals surface area contributed by atoms with Gasteiger partial charge in [0.2, 0.25) is 11.8 Å². The zero-order valence-electron chi connectivity index (χ0n) is 21.0. The highest BCUT2D eigenvalue weighted by Gasteiger charge is 2.52. The van der Waals surface area contributed by atoms with Crippen LogP contribution in [0.15, 0.2) is 46.8 Å². The van der Waals surface area contributed by atoms with Gasteiger partial charge in [0.05, 0.1) is 57.3 Å². The van der Waals surface area contributed by atoms with E-state index in [2.05, 4.69) is 5.32 Å². The van der Waals surface area contributed by atoms with Crippen molar-refractivity contribution >= 4 is 11.8 Å². The second kappa shape index (κ2) is 11.2. The summed E-state index contributed by atoms with van der Waals surface area (Å²) < 4.78 is 22.4. The van der Waals surface area contributed by atoms with Crippen molar-refractivity contribution in [2.45, 2.75) is 43.7 Å². The Balaban J connectivity index is 1.59. The van der Waals surface area contributed by atoms with Gasteiger partial charge in [0, 0.05) is 36.4 Å². The number of furan rings is 1. The van der Waals surface area contributed by atoms with Crippen molar-refractivity contribution in [1.82, 2.24) is 10.2 Å². The molecular formula is C27H32N2O9. The third-order valence-electron chi connectivity index (χ3n) is 7.35. The van der Waals surface area contributed by atoms with Crippen molar-refractivity contribution in [3.05, 3.63) is 59.1 Å². The summed E-state index contributed by atoms with van der Waals surface area (Å²) >= 11 is 0. The highest BCUT2D eigenvalue weighted by molar-refractivity contribution is 5.96. The highest BCUT2D eigenvalue weighted by atomic mass is 16.5. The lowest BCUT2D eigenvalue weighted by Crippen LogP contribution is -2.56. The molecule has 204 valence electrons. The van der Waals surface area contributed by atoms with Crippen molar-refractivity contribution < 1.29 is 43.5 Å². The van der Waals surface area contributed by atoms with Gasteiger partial charge in [-0.1, -0.05) is 0 Å². The van der Waals surface area contributed by atoms with Gasteiger partial charge in [-0.25, -0.2) is 0 Å². The number of hydrogen-bond donors (Lipinski definition) is 4. The zero-order valence-corrected chi connectivity index (χ0v) is 21.0. The first-order valence-corrected chi connectivity index (χ1v) is 12.6. The van der Waals surface area contributed by atoms with E-state index in [1.165, 1.54) is 19.6 Å². The third-order valence-corrected chi connectivity index (χ3v) is 7.35. The molecule has 4 N–H and O–H groups in total. The average molecular weight is 529 g/mol. The lowest BCUT2D eigenvalue weighted by molar-refractivity contribution is -0.142. The van der Waals surface area contributed by atoms with Gasteiger partial charge in [0.25, 0.3) is 0 Å². The van der Waals surface area contributed by atoms with Gasteiger partial charge in [-0.05, 0) is 36.3 Å². The number of rotatable bonds is 9. The Morgan fingerprint density at radius 1 is 1.24 bits per heavy atom. The number of aliphatic hydroxyl groups excluding tert-OH is 3. The molecule has 1 aromatic heterocycles. The fourth-order valence-corrected chi connectivity index (χ4v) is 5.49. The van der Waals surface area contributed by atoms with Crippen molar-refractivity contribution in [2.75, 3.05) is 33.5 Å². The number of amides is 2. The number of benzene rings is 1. The van der Waals surface area contributed by atoms with Crippen LogP contribution in [0.2, 0.25) is 0 Å². The fraction of sp³-hybridized carbons (Fsp3) is 0.481. The summed E-state index contributed by atoms with van der Waals surface area (Å²) in [7, 11) is 1.47. The predicted octanol–water partition coefficient (Wildman–Crippen LogP) is 0.468. The molecule has 1 fully saturated rings. The summed E-state index contributed by atoms with van der Waals surface area (Å²) in [6, 6.07) is 4.22. The first kappa shape index (κ1) is 26.2. The Bertz CT molecular complexity index is 1190. The number of hydrogen-bond acceptors (Lipinski definition) is 9. The summed E-state index contributed by atoms with van der Waals surface area (Å²) in [5, 5.41) is 33.5. The molecule has 11 heteroatoms. The maximum atomic E-state index is 13.7. The monoisotopic (exact) mass is 528 g/mol.